The molecule has 6 heteroatoms. The summed E-state index contributed by atoms with van der Waals surface area (Å²) in [6.45, 7) is 1.90. The molecular weight excluding hydrogens is 336 g/mol. The summed E-state index contributed by atoms with van der Waals surface area (Å²) in [7, 11) is 1.76. The Morgan fingerprint density at radius 2 is 2.00 bits per heavy atom. The maximum Gasteiger partial charge on any atom is 0.269 e. The predicted molar refractivity (Wildman–Crippen MR) is 99.2 cm³/mol. The maximum absolute atomic E-state index is 12.9. The van der Waals surface area contributed by atoms with Crippen LogP contribution in [0.2, 0.25) is 0 Å². The van der Waals surface area contributed by atoms with E-state index in [0.717, 1.165) is 23.3 Å². The molecular formula is C19H22N2O3S. The molecule has 1 aliphatic carbocycles. The number of carbonyl (C=O) groups is 1. The summed E-state index contributed by atoms with van der Waals surface area (Å²) in [5.41, 5.74) is 2.14. The molecule has 2 aromatic rings. The zero-order chi connectivity index (χ0) is 18.0. The molecule has 0 aliphatic heterocycles. The van der Waals surface area contributed by atoms with Gasteiger partial charge in [0.15, 0.2) is 0 Å². The topological polar surface area (TPSA) is 63.5 Å². The highest BCUT2D eigenvalue weighted by atomic mass is 32.1. The second-order valence-electron chi connectivity index (χ2n) is 6.56. The van der Waals surface area contributed by atoms with E-state index in [1.807, 2.05) is 19.1 Å². The first-order valence-corrected chi connectivity index (χ1v) is 9.42. The molecule has 25 heavy (non-hydrogen) atoms. The third-order valence-electron chi connectivity index (χ3n) is 4.92. The van der Waals surface area contributed by atoms with Gasteiger partial charge in [-0.25, -0.2) is 0 Å². The Morgan fingerprint density at radius 3 is 2.76 bits per heavy atom. The number of benzene rings is 1. The molecule has 0 saturated carbocycles. The highest BCUT2D eigenvalue weighted by Gasteiger charge is 2.23. The fraction of sp³-hybridized carbons (Fsp3) is 0.421. The van der Waals surface area contributed by atoms with Crippen molar-refractivity contribution in [1.82, 2.24) is 4.90 Å². The van der Waals surface area contributed by atoms with E-state index in [-0.39, 0.29) is 17.6 Å². The molecule has 5 nitrogen and oxygen atoms in total. The number of carbonyl (C=O) groups excluding carboxylic acids is 1. The summed E-state index contributed by atoms with van der Waals surface area (Å²) in [4.78, 5) is 27.2. The molecule has 0 N–H and O–H groups in total. The minimum Gasteiger partial charge on any atom is -0.334 e. The van der Waals surface area contributed by atoms with E-state index in [9.17, 15) is 14.9 Å². The van der Waals surface area contributed by atoms with Gasteiger partial charge in [-0.15, -0.1) is 11.3 Å². The molecule has 0 fully saturated rings. The Labute approximate surface area is 151 Å². The van der Waals surface area contributed by atoms with E-state index in [4.69, 9.17) is 0 Å². The van der Waals surface area contributed by atoms with Crippen molar-refractivity contribution >= 4 is 22.9 Å². The normalized spacial score (nSPS) is 15.1. The van der Waals surface area contributed by atoms with Crippen LogP contribution in [0, 0.1) is 10.1 Å². The zero-order valence-electron chi connectivity index (χ0n) is 14.5. The Hall–Kier alpha value is -2.21. The van der Waals surface area contributed by atoms with Crippen LogP contribution >= 0.6 is 11.3 Å². The standard InChI is InChI=1S/C19H22N2O3S/c1-13(14-8-6-9-16(11-14)21(23)24)20(2)19(22)18-12-15-7-4-3-5-10-17(15)25-18/h6,8-9,11-13H,3-5,7,10H2,1-2H3/t13-/m1/s1. The third-order valence-corrected chi connectivity index (χ3v) is 6.15. The van der Waals surface area contributed by atoms with E-state index < -0.39 is 4.92 Å². The molecule has 1 aromatic carbocycles. The highest BCUT2D eigenvalue weighted by molar-refractivity contribution is 7.14. The van der Waals surface area contributed by atoms with Gasteiger partial charge in [-0.3, -0.25) is 14.9 Å². The van der Waals surface area contributed by atoms with Crippen LogP contribution in [-0.2, 0) is 12.8 Å². The SMILES string of the molecule is C[C@H](c1cccc([N+](=O)[O-])c1)N(C)C(=O)c1cc2c(s1)CCCCC2. The summed E-state index contributed by atoms with van der Waals surface area (Å²) < 4.78 is 0. The summed E-state index contributed by atoms with van der Waals surface area (Å²) in [6.07, 6.45) is 5.77. The molecule has 1 heterocycles. The number of nitrogens with zero attached hydrogens (tertiary/aromatic N) is 2. The van der Waals surface area contributed by atoms with Crippen LogP contribution in [0.4, 0.5) is 5.69 Å². The molecule has 132 valence electrons. The van der Waals surface area contributed by atoms with Crippen molar-refractivity contribution in [3.05, 3.63) is 61.3 Å². The minimum atomic E-state index is -0.408. The average molecular weight is 358 g/mol. The summed E-state index contributed by atoms with van der Waals surface area (Å²) in [5, 5.41) is 11.0. The van der Waals surface area contributed by atoms with Crippen molar-refractivity contribution in [1.29, 1.82) is 0 Å². The van der Waals surface area contributed by atoms with Gasteiger partial charge in [-0.1, -0.05) is 18.6 Å². The molecule has 3 rings (SSSR count). The van der Waals surface area contributed by atoms with Crippen molar-refractivity contribution in [2.45, 2.75) is 45.1 Å². The van der Waals surface area contributed by atoms with E-state index in [0.29, 0.717) is 0 Å². The molecule has 1 atom stereocenters. The number of rotatable bonds is 4. The van der Waals surface area contributed by atoms with Gasteiger partial charge >= 0.3 is 0 Å². The number of non-ortho nitro benzene ring substituents is 1. The number of aryl methyl sites for hydroxylation is 2. The Bertz CT molecular complexity index is 776. The van der Waals surface area contributed by atoms with Gasteiger partial charge in [0.25, 0.3) is 11.6 Å². The zero-order valence-corrected chi connectivity index (χ0v) is 15.3. The summed E-state index contributed by atoms with van der Waals surface area (Å²) in [6, 6.07) is 8.31. The fourth-order valence-corrected chi connectivity index (χ4v) is 4.48. The van der Waals surface area contributed by atoms with E-state index in [1.165, 1.54) is 41.8 Å². The number of nitro groups is 1. The van der Waals surface area contributed by atoms with Crippen LogP contribution in [0.3, 0.4) is 0 Å². The lowest BCUT2D eigenvalue weighted by molar-refractivity contribution is -0.384. The quantitative estimate of drug-likeness (QED) is 0.450. The van der Waals surface area contributed by atoms with E-state index in [2.05, 4.69) is 0 Å². The van der Waals surface area contributed by atoms with Gasteiger partial charge in [0.05, 0.1) is 15.8 Å². The Kier molecular flexibility index (Phi) is 5.18. The van der Waals surface area contributed by atoms with Gasteiger partial charge in [-0.2, -0.15) is 0 Å². The van der Waals surface area contributed by atoms with Crippen molar-refractivity contribution in [3.63, 3.8) is 0 Å². The Morgan fingerprint density at radius 1 is 1.24 bits per heavy atom. The van der Waals surface area contributed by atoms with Crippen molar-refractivity contribution in [3.8, 4) is 0 Å². The monoisotopic (exact) mass is 358 g/mol. The molecule has 0 spiro atoms. The minimum absolute atomic E-state index is 0.0166. The number of nitro benzene ring substituents is 1. The van der Waals surface area contributed by atoms with Crippen LogP contribution in [-0.4, -0.2) is 22.8 Å². The van der Waals surface area contributed by atoms with Crippen molar-refractivity contribution in [2.24, 2.45) is 0 Å². The Balaban J connectivity index is 1.80. The van der Waals surface area contributed by atoms with Crippen LogP contribution < -0.4 is 0 Å². The average Bonchev–Trinajstić information content (AvgIpc) is 2.90. The second-order valence-corrected chi connectivity index (χ2v) is 7.70. The lowest BCUT2D eigenvalue weighted by Gasteiger charge is -2.24. The van der Waals surface area contributed by atoms with E-state index >= 15 is 0 Å². The largest absolute Gasteiger partial charge is 0.334 e. The molecule has 1 aromatic heterocycles. The summed E-state index contributed by atoms with van der Waals surface area (Å²) in [5.74, 6) is -0.0166. The van der Waals surface area contributed by atoms with Gasteiger partial charge in [-0.05, 0) is 49.8 Å². The van der Waals surface area contributed by atoms with Gasteiger partial charge < -0.3 is 4.90 Å². The van der Waals surface area contributed by atoms with E-state index in [1.54, 1.807) is 29.4 Å². The maximum atomic E-state index is 12.9. The number of thiophene rings is 1. The molecule has 0 radical (unpaired) electrons. The van der Waals surface area contributed by atoms with Crippen LogP contribution in [0.1, 0.15) is 57.9 Å². The van der Waals surface area contributed by atoms with Crippen LogP contribution in [0.25, 0.3) is 0 Å². The van der Waals surface area contributed by atoms with Gasteiger partial charge in [0.1, 0.15) is 0 Å². The molecule has 0 unspecified atom stereocenters. The van der Waals surface area contributed by atoms with Crippen molar-refractivity contribution < 1.29 is 9.72 Å². The van der Waals surface area contributed by atoms with Crippen LogP contribution in [0.5, 0.6) is 0 Å². The number of hydrogen-bond acceptors (Lipinski definition) is 4. The number of amides is 1. The van der Waals surface area contributed by atoms with Crippen LogP contribution in [0.15, 0.2) is 30.3 Å². The van der Waals surface area contributed by atoms with Gasteiger partial charge in [0.2, 0.25) is 0 Å². The van der Waals surface area contributed by atoms with Crippen molar-refractivity contribution in [2.75, 3.05) is 7.05 Å². The highest BCUT2D eigenvalue weighted by Crippen LogP contribution is 2.31. The molecule has 1 aliphatic rings. The first-order chi connectivity index (χ1) is 12.0. The fourth-order valence-electron chi connectivity index (χ4n) is 3.24. The molecule has 1 amide bonds. The summed E-state index contributed by atoms with van der Waals surface area (Å²) >= 11 is 1.61. The third kappa shape index (κ3) is 3.74. The first kappa shape index (κ1) is 17.6. The number of fused-ring (bicyclic) bond motifs is 1. The second kappa shape index (κ2) is 7.35. The lowest BCUT2D eigenvalue weighted by atomic mass is 10.1. The number of hydrogen-bond donors (Lipinski definition) is 0. The molecule has 0 saturated heterocycles. The predicted octanol–water partition coefficient (Wildman–Crippen LogP) is 4.76. The first-order valence-electron chi connectivity index (χ1n) is 8.60. The van der Waals surface area contributed by atoms with Gasteiger partial charge in [0, 0.05) is 24.1 Å². The smallest absolute Gasteiger partial charge is 0.269 e. The molecule has 0 bridgehead atoms. The lowest BCUT2D eigenvalue weighted by Crippen LogP contribution is -2.29.